The van der Waals surface area contributed by atoms with Gasteiger partial charge in [-0.2, -0.15) is 10.2 Å². The van der Waals surface area contributed by atoms with Crippen LogP contribution in [0.4, 0.5) is 10.2 Å². The van der Waals surface area contributed by atoms with Crippen molar-refractivity contribution in [1.29, 1.82) is 0 Å². The minimum Gasteiger partial charge on any atom is -0.265 e. The molecule has 25 heavy (non-hydrogen) atoms. The highest BCUT2D eigenvalue weighted by Crippen LogP contribution is 2.24. The third-order valence-electron chi connectivity index (χ3n) is 3.57. The summed E-state index contributed by atoms with van der Waals surface area (Å²) in [6.45, 7) is 0.423. The van der Waals surface area contributed by atoms with Gasteiger partial charge in [0.2, 0.25) is 0 Å². The van der Waals surface area contributed by atoms with Gasteiger partial charge < -0.3 is 0 Å². The van der Waals surface area contributed by atoms with Crippen molar-refractivity contribution in [2.75, 3.05) is 0 Å². The highest BCUT2D eigenvalue weighted by Gasteiger charge is 2.11. The Bertz CT molecular complexity index is 1040. The summed E-state index contributed by atoms with van der Waals surface area (Å²) in [7, 11) is 0. The number of hydrogen-bond donors (Lipinski definition) is 0. The van der Waals surface area contributed by atoms with Crippen molar-refractivity contribution in [2.24, 2.45) is 10.2 Å². The summed E-state index contributed by atoms with van der Waals surface area (Å²) in [5.74, 6) is 0.0779. The van der Waals surface area contributed by atoms with Gasteiger partial charge in [0.1, 0.15) is 12.1 Å². The molecule has 0 aliphatic heterocycles. The summed E-state index contributed by atoms with van der Waals surface area (Å²) in [6.07, 6.45) is 6.40. The fraction of sp³-hybridized carbons (Fsp3) is 0.0588. The van der Waals surface area contributed by atoms with E-state index in [9.17, 15) is 4.39 Å². The van der Waals surface area contributed by atoms with Crippen LogP contribution >= 0.6 is 0 Å². The third kappa shape index (κ3) is 3.09. The maximum atomic E-state index is 13.5. The van der Waals surface area contributed by atoms with Gasteiger partial charge in [-0.05, 0) is 35.9 Å². The SMILES string of the molecule is Fc1cccc(-n2ncc3c(N=NCc4ccncc4)ncnc32)c1. The van der Waals surface area contributed by atoms with Crippen LogP contribution in [0.3, 0.4) is 0 Å². The lowest BCUT2D eigenvalue weighted by molar-refractivity contribution is 0.625. The third-order valence-corrected chi connectivity index (χ3v) is 3.57. The van der Waals surface area contributed by atoms with Crippen LogP contribution in [0.5, 0.6) is 0 Å². The second-order valence-electron chi connectivity index (χ2n) is 5.23. The molecule has 0 saturated heterocycles. The van der Waals surface area contributed by atoms with Crippen LogP contribution < -0.4 is 0 Å². The van der Waals surface area contributed by atoms with E-state index in [0.29, 0.717) is 29.1 Å². The van der Waals surface area contributed by atoms with Crippen LogP contribution in [0.15, 0.2) is 71.5 Å². The summed E-state index contributed by atoms with van der Waals surface area (Å²) in [5, 5.41) is 13.3. The standard InChI is InChI=1S/C17H12FN7/c18-13-2-1-3-14(8-13)25-17-15(10-23-25)16(20-11-21-17)24-22-9-12-4-6-19-7-5-12/h1-8,10-11H,9H2. The first-order valence-corrected chi connectivity index (χ1v) is 7.52. The summed E-state index contributed by atoms with van der Waals surface area (Å²) in [5.41, 5.74) is 2.12. The number of hydrogen-bond acceptors (Lipinski definition) is 6. The molecule has 122 valence electrons. The van der Waals surface area contributed by atoms with Crippen LogP contribution in [0.25, 0.3) is 16.7 Å². The minimum absolute atomic E-state index is 0.340. The maximum absolute atomic E-state index is 13.5. The smallest absolute Gasteiger partial charge is 0.188 e. The predicted molar refractivity (Wildman–Crippen MR) is 89.1 cm³/mol. The number of aromatic nitrogens is 5. The zero-order chi connectivity index (χ0) is 17.1. The van der Waals surface area contributed by atoms with Crippen molar-refractivity contribution in [1.82, 2.24) is 24.7 Å². The average molecular weight is 333 g/mol. The molecule has 8 heteroatoms. The molecular formula is C17H12FN7. The lowest BCUT2D eigenvalue weighted by atomic mass is 10.3. The first-order chi connectivity index (χ1) is 12.3. The quantitative estimate of drug-likeness (QED) is 0.534. The molecule has 0 atom stereocenters. The molecule has 0 unspecified atom stereocenters. The molecule has 0 aliphatic carbocycles. The van der Waals surface area contributed by atoms with E-state index in [1.54, 1.807) is 35.4 Å². The van der Waals surface area contributed by atoms with Crippen LogP contribution in [0.2, 0.25) is 0 Å². The van der Waals surface area contributed by atoms with Gasteiger partial charge in [-0.3, -0.25) is 4.98 Å². The van der Waals surface area contributed by atoms with Crippen molar-refractivity contribution < 1.29 is 4.39 Å². The summed E-state index contributed by atoms with van der Waals surface area (Å²) >= 11 is 0. The van der Waals surface area contributed by atoms with E-state index in [-0.39, 0.29) is 5.82 Å². The van der Waals surface area contributed by atoms with E-state index in [1.165, 1.54) is 18.5 Å². The topological polar surface area (TPSA) is 81.2 Å². The Kier molecular flexibility index (Phi) is 3.91. The number of halogens is 1. The fourth-order valence-corrected chi connectivity index (χ4v) is 2.38. The summed E-state index contributed by atoms with van der Waals surface area (Å²) < 4.78 is 15.0. The van der Waals surface area contributed by atoms with E-state index in [1.807, 2.05) is 12.1 Å². The molecule has 0 spiro atoms. The van der Waals surface area contributed by atoms with Crippen LogP contribution in [-0.2, 0) is 6.54 Å². The van der Waals surface area contributed by atoms with Gasteiger partial charge in [0.25, 0.3) is 0 Å². The van der Waals surface area contributed by atoms with Gasteiger partial charge in [-0.15, -0.1) is 5.11 Å². The molecule has 0 saturated carbocycles. The first-order valence-electron chi connectivity index (χ1n) is 7.52. The summed E-state index contributed by atoms with van der Waals surface area (Å²) in [4.78, 5) is 12.3. The lowest BCUT2D eigenvalue weighted by Crippen LogP contribution is -1.98. The molecule has 7 nitrogen and oxygen atoms in total. The normalized spacial score (nSPS) is 11.4. The number of benzene rings is 1. The van der Waals surface area contributed by atoms with E-state index in [4.69, 9.17) is 0 Å². The highest BCUT2D eigenvalue weighted by atomic mass is 19.1. The molecule has 0 aliphatic rings. The minimum atomic E-state index is -0.340. The molecule has 3 aromatic heterocycles. The Morgan fingerprint density at radius 2 is 1.96 bits per heavy atom. The van der Waals surface area contributed by atoms with Crippen molar-refractivity contribution in [3.05, 3.63) is 72.7 Å². The second kappa shape index (κ2) is 6.52. The van der Waals surface area contributed by atoms with Gasteiger partial charge in [-0.1, -0.05) is 6.07 Å². The fourth-order valence-electron chi connectivity index (χ4n) is 2.38. The number of azo groups is 1. The predicted octanol–water partition coefficient (Wildman–Crippen LogP) is 3.63. The lowest BCUT2D eigenvalue weighted by Gasteiger charge is -2.02. The van der Waals surface area contributed by atoms with E-state index < -0.39 is 0 Å². The Hall–Kier alpha value is -3.55. The Morgan fingerprint density at radius 3 is 2.80 bits per heavy atom. The molecular weight excluding hydrogens is 321 g/mol. The number of fused-ring (bicyclic) bond motifs is 1. The number of nitrogens with zero attached hydrogens (tertiary/aromatic N) is 7. The molecule has 0 N–H and O–H groups in total. The summed E-state index contributed by atoms with van der Waals surface area (Å²) in [6, 6.07) is 9.88. The van der Waals surface area contributed by atoms with Gasteiger partial charge in [-0.25, -0.2) is 19.0 Å². The Morgan fingerprint density at radius 1 is 1.08 bits per heavy atom. The highest BCUT2D eigenvalue weighted by molar-refractivity contribution is 5.85. The van der Waals surface area contributed by atoms with Crippen molar-refractivity contribution in [2.45, 2.75) is 6.54 Å². The van der Waals surface area contributed by atoms with Crippen LogP contribution in [-0.4, -0.2) is 24.7 Å². The maximum Gasteiger partial charge on any atom is 0.188 e. The van der Waals surface area contributed by atoms with E-state index >= 15 is 0 Å². The molecule has 4 rings (SSSR count). The van der Waals surface area contributed by atoms with Gasteiger partial charge >= 0.3 is 0 Å². The number of rotatable bonds is 4. The van der Waals surface area contributed by atoms with Crippen LogP contribution in [0, 0.1) is 5.82 Å². The van der Waals surface area contributed by atoms with Gasteiger partial charge in [0.15, 0.2) is 11.5 Å². The second-order valence-corrected chi connectivity index (χ2v) is 5.23. The van der Waals surface area contributed by atoms with Gasteiger partial charge in [0, 0.05) is 12.4 Å². The monoisotopic (exact) mass is 333 g/mol. The average Bonchev–Trinajstić information content (AvgIpc) is 3.08. The molecule has 3 heterocycles. The zero-order valence-corrected chi connectivity index (χ0v) is 13.0. The van der Waals surface area contributed by atoms with E-state index in [2.05, 4.69) is 30.3 Å². The molecule has 4 aromatic rings. The largest absolute Gasteiger partial charge is 0.265 e. The first kappa shape index (κ1) is 15.0. The van der Waals surface area contributed by atoms with Crippen molar-refractivity contribution >= 4 is 16.9 Å². The molecule has 0 fully saturated rings. The van der Waals surface area contributed by atoms with Gasteiger partial charge in [0.05, 0.1) is 23.8 Å². The van der Waals surface area contributed by atoms with E-state index in [0.717, 1.165) is 5.56 Å². The van der Waals surface area contributed by atoms with Crippen molar-refractivity contribution in [3.63, 3.8) is 0 Å². The Labute approximate surface area is 141 Å². The molecule has 0 radical (unpaired) electrons. The molecule has 0 amide bonds. The number of pyridine rings is 1. The van der Waals surface area contributed by atoms with Crippen LogP contribution in [0.1, 0.15) is 5.56 Å². The Balaban J connectivity index is 1.67. The molecule has 1 aromatic carbocycles. The zero-order valence-electron chi connectivity index (χ0n) is 13.0. The molecule has 0 bridgehead atoms. The van der Waals surface area contributed by atoms with Crippen molar-refractivity contribution in [3.8, 4) is 5.69 Å².